The zero-order chi connectivity index (χ0) is 13.4. The van der Waals surface area contributed by atoms with Crippen LogP contribution in [0.2, 0.25) is 0 Å². The fourth-order valence-electron chi connectivity index (χ4n) is 2.94. The maximum Gasteiger partial charge on any atom is 0.223 e. The summed E-state index contributed by atoms with van der Waals surface area (Å²) in [6.07, 6.45) is 1.52. The number of rotatable bonds is 3. The monoisotopic (exact) mass is 262 g/mol. The molecule has 1 saturated heterocycles. The fourth-order valence-corrected chi connectivity index (χ4v) is 2.94. The van der Waals surface area contributed by atoms with Gasteiger partial charge in [-0.1, -0.05) is 19.1 Å². The number of carbonyl (C=O) groups excluding carboxylic acids is 1. The van der Waals surface area contributed by atoms with Crippen LogP contribution in [0.3, 0.4) is 0 Å². The maximum atomic E-state index is 13.6. The van der Waals surface area contributed by atoms with Crippen molar-refractivity contribution in [1.29, 1.82) is 0 Å². The van der Waals surface area contributed by atoms with Crippen LogP contribution in [0.15, 0.2) is 18.2 Å². The van der Waals surface area contributed by atoms with Crippen molar-refractivity contribution in [2.45, 2.75) is 25.8 Å². The lowest BCUT2D eigenvalue weighted by atomic mass is 9.88. The standard InChI is InChI=1S/C15H19FN2O/c1-9(10-7-17-8-10)15(19)18-14-6-5-11-12(14)3-2-4-13(11)16/h2-4,9-10,14,17H,5-8H2,1H3,(H,18,19). The van der Waals surface area contributed by atoms with Crippen LogP contribution in [0.5, 0.6) is 0 Å². The molecule has 0 radical (unpaired) electrons. The predicted molar refractivity (Wildman–Crippen MR) is 71.1 cm³/mol. The lowest BCUT2D eigenvalue weighted by molar-refractivity contribution is -0.127. The van der Waals surface area contributed by atoms with Gasteiger partial charge in [0.1, 0.15) is 5.82 Å². The molecule has 4 heteroatoms. The van der Waals surface area contributed by atoms with E-state index in [-0.39, 0.29) is 23.7 Å². The van der Waals surface area contributed by atoms with Crippen LogP contribution in [-0.2, 0) is 11.2 Å². The van der Waals surface area contributed by atoms with Crippen LogP contribution >= 0.6 is 0 Å². The van der Waals surface area contributed by atoms with Crippen LogP contribution in [0.25, 0.3) is 0 Å². The largest absolute Gasteiger partial charge is 0.349 e. The van der Waals surface area contributed by atoms with Crippen LogP contribution < -0.4 is 10.6 Å². The second-order valence-corrected chi connectivity index (χ2v) is 5.61. The Hall–Kier alpha value is -1.42. The summed E-state index contributed by atoms with van der Waals surface area (Å²) in [5.41, 5.74) is 1.72. The number of hydrogen-bond donors (Lipinski definition) is 2. The summed E-state index contributed by atoms with van der Waals surface area (Å²) in [5, 5.41) is 6.26. The zero-order valence-electron chi connectivity index (χ0n) is 11.1. The molecule has 2 N–H and O–H groups in total. The van der Waals surface area contributed by atoms with Crippen molar-refractivity contribution in [2.24, 2.45) is 11.8 Å². The van der Waals surface area contributed by atoms with Crippen LogP contribution in [0, 0.1) is 17.7 Å². The molecular weight excluding hydrogens is 243 g/mol. The molecular formula is C15H19FN2O. The molecule has 1 aliphatic heterocycles. The molecule has 1 aromatic carbocycles. The molecule has 1 heterocycles. The van der Waals surface area contributed by atoms with E-state index in [0.717, 1.165) is 30.6 Å². The van der Waals surface area contributed by atoms with Gasteiger partial charge in [0, 0.05) is 5.92 Å². The molecule has 0 bridgehead atoms. The highest BCUT2D eigenvalue weighted by atomic mass is 19.1. The van der Waals surface area contributed by atoms with Gasteiger partial charge in [-0.25, -0.2) is 4.39 Å². The summed E-state index contributed by atoms with van der Waals surface area (Å²) in [6.45, 7) is 3.82. The fraction of sp³-hybridized carbons (Fsp3) is 0.533. The third-order valence-electron chi connectivity index (χ3n) is 4.46. The SMILES string of the molecule is CC(C(=O)NC1CCc2c(F)cccc21)C1CNC1. The number of nitrogens with one attached hydrogen (secondary N) is 2. The van der Waals surface area contributed by atoms with Crippen molar-refractivity contribution in [3.05, 3.63) is 35.1 Å². The van der Waals surface area contributed by atoms with Gasteiger partial charge < -0.3 is 10.6 Å². The molecule has 0 saturated carbocycles. The van der Waals surface area contributed by atoms with Crippen LogP contribution in [0.4, 0.5) is 4.39 Å². The summed E-state index contributed by atoms with van der Waals surface area (Å²) in [6, 6.07) is 5.11. The Bertz CT molecular complexity index is 499. The number of halogens is 1. The summed E-state index contributed by atoms with van der Waals surface area (Å²) < 4.78 is 13.6. The minimum absolute atomic E-state index is 0.0197. The molecule has 0 aromatic heterocycles. The third-order valence-corrected chi connectivity index (χ3v) is 4.46. The molecule has 2 atom stereocenters. The van der Waals surface area contributed by atoms with E-state index < -0.39 is 0 Å². The average molecular weight is 262 g/mol. The lowest BCUT2D eigenvalue weighted by Crippen LogP contribution is -2.49. The smallest absolute Gasteiger partial charge is 0.223 e. The van der Waals surface area contributed by atoms with E-state index in [2.05, 4.69) is 10.6 Å². The van der Waals surface area contributed by atoms with E-state index in [0.29, 0.717) is 12.3 Å². The summed E-state index contributed by atoms with van der Waals surface area (Å²) in [7, 11) is 0. The van der Waals surface area contributed by atoms with E-state index in [4.69, 9.17) is 0 Å². The number of benzene rings is 1. The third kappa shape index (κ3) is 2.25. The van der Waals surface area contributed by atoms with Crippen molar-refractivity contribution in [3.63, 3.8) is 0 Å². The van der Waals surface area contributed by atoms with Crippen LogP contribution in [-0.4, -0.2) is 19.0 Å². The highest BCUT2D eigenvalue weighted by Gasteiger charge is 2.32. The lowest BCUT2D eigenvalue weighted by Gasteiger charge is -2.32. The first-order valence-corrected chi connectivity index (χ1v) is 6.95. The molecule has 2 aliphatic rings. The van der Waals surface area contributed by atoms with Gasteiger partial charge in [0.25, 0.3) is 0 Å². The van der Waals surface area contributed by atoms with E-state index in [1.165, 1.54) is 6.07 Å². The second kappa shape index (κ2) is 4.93. The molecule has 3 nitrogen and oxygen atoms in total. The molecule has 0 spiro atoms. The van der Waals surface area contributed by atoms with E-state index in [9.17, 15) is 9.18 Å². The predicted octanol–water partition coefficient (Wildman–Crippen LogP) is 1.78. The molecule has 1 amide bonds. The summed E-state index contributed by atoms with van der Waals surface area (Å²) >= 11 is 0. The number of amides is 1. The molecule has 1 aromatic rings. The summed E-state index contributed by atoms with van der Waals surface area (Å²) in [4.78, 5) is 12.2. The Morgan fingerprint density at radius 1 is 1.47 bits per heavy atom. The average Bonchev–Trinajstić information content (AvgIpc) is 2.72. The van der Waals surface area contributed by atoms with E-state index in [1.54, 1.807) is 6.07 Å². The van der Waals surface area contributed by atoms with Gasteiger partial charge in [-0.2, -0.15) is 0 Å². The Morgan fingerprint density at radius 3 is 2.95 bits per heavy atom. The molecule has 1 fully saturated rings. The minimum atomic E-state index is -0.148. The van der Waals surface area contributed by atoms with Crippen molar-refractivity contribution < 1.29 is 9.18 Å². The Labute approximate surface area is 112 Å². The highest BCUT2D eigenvalue weighted by Crippen LogP contribution is 2.33. The zero-order valence-corrected chi connectivity index (χ0v) is 11.1. The molecule has 1 aliphatic carbocycles. The molecule has 3 rings (SSSR count). The van der Waals surface area contributed by atoms with Gasteiger partial charge in [-0.05, 0) is 49.0 Å². The first-order chi connectivity index (χ1) is 9.16. The quantitative estimate of drug-likeness (QED) is 0.872. The van der Waals surface area contributed by atoms with Gasteiger partial charge in [0.05, 0.1) is 6.04 Å². The van der Waals surface area contributed by atoms with Gasteiger partial charge >= 0.3 is 0 Å². The van der Waals surface area contributed by atoms with E-state index in [1.807, 2.05) is 13.0 Å². The van der Waals surface area contributed by atoms with Crippen molar-refractivity contribution >= 4 is 5.91 Å². The van der Waals surface area contributed by atoms with Crippen LogP contribution in [0.1, 0.15) is 30.5 Å². The maximum absolute atomic E-state index is 13.6. The Morgan fingerprint density at radius 2 is 2.26 bits per heavy atom. The first kappa shape index (κ1) is 12.6. The van der Waals surface area contributed by atoms with Gasteiger partial charge in [0.2, 0.25) is 5.91 Å². The van der Waals surface area contributed by atoms with Gasteiger partial charge in [0.15, 0.2) is 0 Å². The Kier molecular flexibility index (Phi) is 3.27. The van der Waals surface area contributed by atoms with Crippen molar-refractivity contribution in [3.8, 4) is 0 Å². The van der Waals surface area contributed by atoms with E-state index >= 15 is 0 Å². The normalized spacial score (nSPS) is 23.6. The van der Waals surface area contributed by atoms with Crippen molar-refractivity contribution in [1.82, 2.24) is 10.6 Å². The minimum Gasteiger partial charge on any atom is -0.349 e. The first-order valence-electron chi connectivity index (χ1n) is 6.95. The van der Waals surface area contributed by atoms with Gasteiger partial charge in [-0.3, -0.25) is 4.79 Å². The second-order valence-electron chi connectivity index (χ2n) is 5.61. The topological polar surface area (TPSA) is 41.1 Å². The molecule has 2 unspecified atom stereocenters. The number of fused-ring (bicyclic) bond motifs is 1. The summed E-state index contributed by atoms with van der Waals surface area (Å²) in [5.74, 6) is 0.409. The highest BCUT2D eigenvalue weighted by molar-refractivity contribution is 5.79. The number of hydrogen-bond acceptors (Lipinski definition) is 2. The van der Waals surface area contributed by atoms with Crippen molar-refractivity contribution in [2.75, 3.05) is 13.1 Å². The van der Waals surface area contributed by atoms with Gasteiger partial charge in [-0.15, -0.1) is 0 Å². The number of carbonyl (C=O) groups is 1. The Balaban J connectivity index is 1.69. The molecule has 19 heavy (non-hydrogen) atoms. The molecule has 102 valence electrons.